The summed E-state index contributed by atoms with van der Waals surface area (Å²) in [5.74, 6) is 0.257. The van der Waals surface area contributed by atoms with Crippen molar-refractivity contribution in [1.29, 1.82) is 0 Å². The van der Waals surface area contributed by atoms with Crippen molar-refractivity contribution in [2.45, 2.75) is 18.8 Å². The van der Waals surface area contributed by atoms with Crippen LogP contribution in [0.25, 0.3) is 11.4 Å². The summed E-state index contributed by atoms with van der Waals surface area (Å²) in [5.41, 5.74) is 2.13. The van der Waals surface area contributed by atoms with Crippen molar-refractivity contribution >= 4 is 45.6 Å². The number of thiazole rings is 1. The highest BCUT2D eigenvalue weighted by atomic mass is 35.5. The fourth-order valence-corrected chi connectivity index (χ4v) is 3.94. The van der Waals surface area contributed by atoms with E-state index in [2.05, 4.69) is 15.3 Å². The molecule has 1 aliphatic rings. The van der Waals surface area contributed by atoms with Gasteiger partial charge in [0.1, 0.15) is 5.69 Å². The predicted octanol–water partition coefficient (Wildman–Crippen LogP) is 5.64. The first-order valence-corrected chi connectivity index (χ1v) is 9.37. The fraction of sp³-hybridized carbons (Fsp3) is 0.167. The number of pyridine rings is 1. The van der Waals surface area contributed by atoms with E-state index in [4.69, 9.17) is 23.2 Å². The van der Waals surface area contributed by atoms with Crippen molar-refractivity contribution in [3.63, 3.8) is 0 Å². The van der Waals surface area contributed by atoms with E-state index in [0.717, 1.165) is 24.2 Å². The molecule has 1 aliphatic carbocycles. The van der Waals surface area contributed by atoms with Gasteiger partial charge < -0.3 is 0 Å². The second-order valence-corrected chi connectivity index (χ2v) is 7.65. The number of hydrogen-bond donors (Lipinski definition) is 1. The van der Waals surface area contributed by atoms with Crippen LogP contribution in [0.15, 0.2) is 42.6 Å². The number of aromatic nitrogens is 2. The summed E-state index contributed by atoms with van der Waals surface area (Å²) >= 11 is 13.4. The van der Waals surface area contributed by atoms with Crippen LogP contribution in [0.1, 0.15) is 34.0 Å². The molecule has 1 amide bonds. The Kier molecular flexibility index (Phi) is 4.46. The summed E-state index contributed by atoms with van der Waals surface area (Å²) < 4.78 is 0. The highest BCUT2D eigenvalue weighted by molar-refractivity contribution is 7.16. The third-order valence-electron chi connectivity index (χ3n) is 3.91. The van der Waals surface area contributed by atoms with Crippen molar-refractivity contribution in [3.8, 4) is 11.4 Å². The molecule has 4 nitrogen and oxygen atoms in total. The molecule has 0 saturated heterocycles. The molecule has 1 aromatic carbocycles. The van der Waals surface area contributed by atoms with Gasteiger partial charge in [0, 0.05) is 16.6 Å². The van der Waals surface area contributed by atoms with E-state index in [1.54, 1.807) is 24.4 Å². The zero-order valence-electron chi connectivity index (χ0n) is 13.0. The van der Waals surface area contributed by atoms with E-state index in [1.165, 1.54) is 16.2 Å². The highest BCUT2D eigenvalue weighted by Gasteiger charge is 2.30. The molecule has 7 heteroatoms. The lowest BCUT2D eigenvalue weighted by Gasteiger charge is -2.03. The summed E-state index contributed by atoms with van der Waals surface area (Å²) in [6.07, 6.45) is 4.06. The van der Waals surface area contributed by atoms with Crippen LogP contribution in [0, 0.1) is 0 Å². The van der Waals surface area contributed by atoms with Gasteiger partial charge >= 0.3 is 0 Å². The Labute approximate surface area is 158 Å². The summed E-state index contributed by atoms with van der Waals surface area (Å²) in [6.45, 7) is 0. The van der Waals surface area contributed by atoms with Gasteiger partial charge in [-0.2, -0.15) is 0 Å². The predicted molar refractivity (Wildman–Crippen MR) is 102 cm³/mol. The Balaban J connectivity index is 1.62. The van der Waals surface area contributed by atoms with Crippen LogP contribution in [0.2, 0.25) is 10.0 Å². The molecule has 0 aliphatic heterocycles. The van der Waals surface area contributed by atoms with E-state index in [0.29, 0.717) is 26.7 Å². The minimum Gasteiger partial charge on any atom is -0.298 e. The molecular formula is C18H13Cl2N3OS. The molecule has 2 heterocycles. The molecule has 0 atom stereocenters. The van der Waals surface area contributed by atoms with Gasteiger partial charge in [-0.15, -0.1) is 11.3 Å². The van der Waals surface area contributed by atoms with Gasteiger partial charge in [0.15, 0.2) is 5.13 Å². The molecule has 1 saturated carbocycles. The van der Waals surface area contributed by atoms with Crippen molar-refractivity contribution in [2.24, 2.45) is 0 Å². The van der Waals surface area contributed by atoms with Crippen LogP contribution < -0.4 is 5.32 Å². The number of benzene rings is 1. The first-order chi connectivity index (χ1) is 12.1. The second kappa shape index (κ2) is 6.75. The van der Waals surface area contributed by atoms with Gasteiger partial charge in [0.05, 0.1) is 15.7 Å². The van der Waals surface area contributed by atoms with Crippen molar-refractivity contribution in [2.75, 3.05) is 5.32 Å². The topological polar surface area (TPSA) is 54.9 Å². The maximum absolute atomic E-state index is 12.5. The molecule has 4 rings (SSSR count). The number of rotatable bonds is 4. The number of nitrogens with zero attached hydrogens (tertiary/aromatic N) is 2. The zero-order chi connectivity index (χ0) is 17.4. The second-order valence-electron chi connectivity index (χ2n) is 5.80. The van der Waals surface area contributed by atoms with Crippen LogP contribution in [0.3, 0.4) is 0 Å². The first-order valence-electron chi connectivity index (χ1n) is 7.80. The van der Waals surface area contributed by atoms with Gasteiger partial charge in [0.25, 0.3) is 5.91 Å². The Morgan fingerprint density at radius 2 is 2.00 bits per heavy atom. The Morgan fingerprint density at radius 1 is 1.16 bits per heavy atom. The Morgan fingerprint density at radius 3 is 2.68 bits per heavy atom. The van der Waals surface area contributed by atoms with Gasteiger partial charge in [-0.3, -0.25) is 15.1 Å². The minimum absolute atomic E-state index is 0.262. The molecule has 0 unspecified atom stereocenters. The number of carbonyl (C=O) groups excluding carboxylic acids is 1. The number of amides is 1. The number of hydrogen-bond acceptors (Lipinski definition) is 4. The Bertz CT molecular complexity index is 939. The molecule has 0 radical (unpaired) electrons. The lowest BCUT2D eigenvalue weighted by molar-refractivity contribution is 0.102. The van der Waals surface area contributed by atoms with Gasteiger partial charge in [0.2, 0.25) is 0 Å². The summed E-state index contributed by atoms with van der Waals surface area (Å²) in [7, 11) is 0. The van der Waals surface area contributed by atoms with Crippen molar-refractivity contribution in [3.05, 3.63) is 63.1 Å². The van der Waals surface area contributed by atoms with Crippen molar-refractivity contribution in [1.82, 2.24) is 9.97 Å². The third kappa shape index (κ3) is 3.54. The first kappa shape index (κ1) is 16.5. The van der Waals surface area contributed by atoms with E-state index in [1.807, 2.05) is 18.2 Å². The van der Waals surface area contributed by atoms with Crippen LogP contribution in [0.4, 0.5) is 5.13 Å². The summed E-state index contributed by atoms with van der Waals surface area (Å²) in [4.78, 5) is 22.6. The number of nitrogens with one attached hydrogen (secondary N) is 1. The van der Waals surface area contributed by atoms with Crippen LogP contribution in [-0.2, 0) is 0 Å². The van der Waals surface area contributed by atoms with E-state index < -0.39 is 0 Å². The number of halogens is 2. The Hall–Kier alpha value is -1.95. The van der Waals surface area contributed by atoms with E-state index in [-0.39, 0.29) is 5.91 Å². The van der Waals surface area contributed by atoms with Gasteiger partial charge in [-0.05, 0) is 49.1 Å². The quantitative estimate of drug-likeness (QED) is 0.627. The molecule has 0 spiro atoms. The van der Waals surface area contributed by atoms with Gasteiger partial charge in [-0.1, -0.05) is 29.3 Å². The molecule has 3 aromatic rings. The van der Waals surface area contributed by atoms with Gasteiger partial charge in [-0.25, -0.2) is 4.98 Å². The maximum atomic E-state index is 12.5. The minimum atomic E-state index is -0.262. The average molecular weight is 390 g/mol. The van der Waals surface area contributed by atoms with E-state index >= 15 is 0 Å². The number of carbonyl (C=O) groups is 1. The molecule has 1 N–H and O–H groups in total. The summed E-state index contributed by atoms with van der Waals surface area (Å²) in [6, 6.07) is 10.5. The van der Waals surface area contributed by atoms with E-state index in [9.17, 15) is 4.79 Å². The lowest BCUT2D eigenvalue weighted by atomic mass is 10.2. The molecule has 2 aromatic heterocycles. The zero-order valence-corrected chi connectivity index (χ0v) is 15.3. The molecular weight excluding hydrogens is 377 g/mol. The SMILES string of the molecule is O=C(Nc1nc(-c2ccccn2)c(C2CC2)s1)c1ccc(Cl)c(Cl)c1. The standard InChI is InChI=1S/C18H13Cl2N3OS/c19-12-7-6-11(9-13(12)20)17(24)23-18-22-15(14-3-1-2-8-21-14)16(25-18)10-4-5-10/h1-3,6-10H,4-5H2,(H,22,23,24). The third-order valence-corrected chi connectivity index (χ3v) is 5.78. The smallest absolute Gasteiger partial charge is 0.257 e. The lowest BCUT2D eigenvalue weighted by Crippen LogP contribution is -2.11. The largest absolute Gasteiger partial charge is 0.298 e. The monoisotopic (exact) mass is 389 g/mol. The maximum Gasteiger partial charge on any atom is 0.257 e. The normalized spacial score (nSPS) is 13.7. The molecule has 126 valence electrons. The fourth-order valence-electron chi connectivity index (χ4n) is 2.50. The average Bonchev–Trinajstić information content (AvgIpc) is 3.38. The molecule has 25 heavy (non-hydrogen) atoms. The van der Waals surface area contributed by atoms with Crippen LogP contribution >= 0.6 is 34.5 Å². The van der Waals surface area contributed by atoms with Crippen molar-refractivity contribution < 1.29 is 4.79 Å². The number of anilines is 1. The molecule has 0 bridgehead atoms. The summed E-state index contributed by atoms with van der Waals surface area (Å²) in [5, 5.41) is 4.19. The molecule has 1 fully saturated rings. The van der Waals surface area contributed by atoms with Crippen LogP contribution in [0.5, 0.6) is 0 Å². The van der Waals surface area contributed by atoms with Crippen LogP contribution in [-0.4, -0.2) is 15.9 Å². The highest BCUT2D eigenvalue weighted by Crippen LogP contribution is 2.48.